The van der Waals surface area contributed by atoms with Crippen molar-refractivity contribution in [1.82, 2.24) is 5.06 Å². The van der Waals surface area contributed by atoms with Gasteiger partial charge in [0.25, 0.3) is 0 Å². The van der Waals surface area contributed by atoms with Crippen LogP contribution in [0.2, 0.25) is 23.7 Å². The Morgan fingerprint density at radius 2 is 1.93 bits per heavy atom. The summed E-state index contributed by atoms with van der Waals surface area (Å²) in [6.07, 6.45) is 0.111. The molecule has 0 radical (unpaired) electrons. The number of benzene rings is 1. The monoisotopic (exact) mass is 437 g/mol. The van der Waals surface area contributed by atoms with Crippen LogP contribution in [0.1, 0.15) is 46.1 Å². The first-order valence-corrected chi connectivity index (χ1v) is 13.9. The first-order chi connectivity index (χ1) is 14.0. The lowest BCUT2D eigenvalue weighted by Crippen LogP contribution is -2.58. The van der Waals surface area contributed by atoms with E-state index >= 15 is 0 Å². The van der Waals surface area contributed by atoms with Crippen molar-refractivity contribution in [3.05, 3.63) is 35.9 Å². The van der Waals surface area contributed by atoms with Crippen LogP contribution in [0.15, 0.2) is 30.3 Å². The summed E-state index contributed by atoms with van der Waals surface area (Å²) < 4.78 is 17.1. The summed E-state index contributed by atoms with van der Waals surface area (Å²) in [7, 11) is -0.474. The standard InChI is InChI=1S/C23H39NO5Si/c1-17-28-16-20(30(6,7)23(2,3)4)22(29-17)19(13-14-21(25)27-5)24(26)15-18-11-9-8-10-12-18/h8-12,17,19-20,22,26H,13-16H2,1-7H3/t17-,19-,20+,22+/m0/s1. The van der Waals surface area contributed by atoms with Gasteiger partial charge in [0.05, 0.1) is 33.9 Å². The zero-order valence-electron chi connectivity index (χ0n) is 19.6. The molecule has 1 heterocycles. The van der Waals surface area contributed by atoms with Gasteiger partial charge in [0.15, 0.2) is 6.29 Å². The second-order valence-electron chi connectivity index (χ2n) is 9.85. The van der Waals surface area contributed by atoms with Gasteiger partial charge in [0.1, 0.15) is 0 Å². The summed E-state index contributed by atoms with van der Waals surface area (Å²) in [4.78, 5) is 11.9. The molecule has 0 aliphatic carbocycles. The van der Waals surface area contributed by atoms with E-state index in [2.05, 4.69) is 33.9 Å². The van der Waals surface area contributed by atoms with Crippen LogP contribution in [0.25, 0.3) is 0 Å². The van der Waals surface area contributed by atoms with Crippen molar-refractivity contribution < 1.29 is 24.2 Å². The summed E-state index contributed by atoms with van der Waals surface area (Å²) in [6.45, 7) is 14.4. The van der Waals surface area contributed by atoms with Gasteiger partial charge in [-0.2, -0.15) is 5.06 Å². The molecule has 1 aliphatic heterocycles. The topological polar surface area (TPSA) is 68.2 Å². The highest BCUT2D eigenvalue weighted by atomic mass is 28.3. The van der Waals surface area contributed by atoms with Crippen molar-refractivity contribution in [3.63, 3.8) is 0 Å². The highest BCUT2D eigenvalue weighted by Gasteiger charge is 2.51. The molecule has 1 N–H and O–H groups in total. The molecule has 4 atom stereocenters. The van der Waals surface area contributed by atoms with Gasteiger partial charge in [-0.3, -0.25) is 4.79 Å². The van der Waals surface area contributed by atoms with Crippen LogP contribution >= 0.6 is 0 Å². The van der Waals surface area contributed by atoms with Crippen molar-refractivity contribution >= 4 is 14.0 Å². The molecule has 0 amide bonds. The van der Waals surface area contributed by atoms with Crippen LogP contribution in [-0.2, 0) is 25.5 Å². The molecule has 0 saturated carbocycles. The number of hydrogen-bond acceptors (Lipinski definition) is 6. The Kier molecular flexibility index (Phi) is 8.65. The van der Waals surface area contributed by atoms with Gasteiger partial charge in [0, 0.05) is 18.5 Å². The van der Waals surface area contributed by atoms with Crippen molar-refractivity contribution in [2.75, 3.05) is 13.7 Å². The second kappa shape index (κ2) is 10.4. The molecule has 1 saturated heterocycles. The number of nitrogens with zero attached hydrogens (tertiary/aromatic N) is 1. The maximum absolute atomic E-state index is 11.9. The molecule has 0 spiro atoms. The van der Waals surface area contributed by atoms with Gasteiger partial charge < -0.3 is 19.4 Å². The number of methoxy groups -OCH3 is 1. The molecule has 2 rings (SSSR count). The predicted octanol–water partition coefficient (Wildman–Crippen LogP) is 4.84. The lowest BCUT2D eigenvalue weighted by Gasteiger charge is -2.51. The first-order valence-electron chi connectivity index (χ1n) is 10.8. The molecule has 6 nitrogen and oxygen atoms in total. The molecule has 30 heavy (non-hydrogen) atoms. The Morgan fingerprint density at radius 3 is 2.50 bits per heavy atom. The van der Waals surface area contributed by atoms with Crippen LogP contribution in [0.3, 0.4) is 0 Å². The highest BCUT2D eigenvalue weighted by molar-refractivity contribution is 6.81. The number of rotatable bonds is 8. The second-order valence-corrected chi connectivity index (χ2v) is 15.5. The minimum absolute atomic E-state index is 0.135. The normalized spacial score (nSPS) is 24.0. The summed E-state index contributed by atoms with van der Waals surface area (Å²) in [5.41, 5.74) is 1.19. The molecular formula is C23H39NO5Si. The molecule has 1 aromatic rings. The Hall–Kier alpha value is -1.25. The van der Waals surface area contributed by atoms with E-state index in [4.69, 9.17) is 14.2 Å². The molecule has 0 bridgehead atoms. The summed E-state index contributed by atoms with van der Waals surface area (Å²) in [6, 6.07) is 9.50. The zero-order chi connectivity index (χ0) is 22.5. The van der Waals surface area contributed by atoms with E-state index in [1.165, 1.54) is 12.2 Å². The molecular weight excluding hydrogens is 398 g/mol. The molecule has 0 aromatic heterocycles. The first kappa shape index (κ1) is 25.0. The van der Waals surface area contributed by atoms with E-state index < -0.39 is 8.07 Å². The van der Waals surface area contributed by atoms with Crippen LogP contribution < -0.4 is 0 Å². The molecule has 0 unspecified atom stereocenters. The predicted molar refractivity (Wildman–Crippen MR) is 120 cm³/mol. The van der Waals surface area contributed by atoms with Gasteiger partial charge >= 0.3 is 5.97 Å². The summed E-state index contributed by atoms with van der Waals surface area (Å²) in [5.74, 6) is -0.280. The minimum Gasteiger partial charge on any atom is -0.469 e. The lowest BCUT2D eigenvalue weighted by atomic mass is 10.00. The Labute approximate surface area is 182 Å². The minimum atomic E-state index is -1.87. The van der Waals surface area contributed by atoms with Gasteiger partial charge in [-0.05, 0) is 23.9 Å². The van der Waals surface area contributed by atoms with Crippen molar-refractivity contribution in [3.8, 4) is 0 Å². The fraction of sp³-hybridized carbons (Fsp3) is 0.696. The number of esters is 1. The Morgan fingerprint density at radius 1 is 1.30 bits per heavy atom. The van der Waals surface area contributed by atoms with Gasteiger partial charge in [0.2, 0.25) is 0 Å². The van der Waals surface area contributed by atoms with E-state index in [-0.39, 0.29) is 41.4 Å². The maximum atomic E-state index is 11.9. The molecule has 170 valence electrons. The Bertz CT molecular complexity index is 676. The van der Waals surface area contributed by atoms with Crippen LogP contribution in [0.5, 0.6) is 0 Å². The van der Waals surface area contributed by atoms with Crippen molar-refractivity contribution in [2.24, 2.45) is 0 Å². The van der Waals surface area contributed by atoms with E-state index in [9.17, 15) is 10.0 Å². The molecule has 1 fully saturated rings. The van der Waals surface area contributed by atoms with Crippen molar-refractivity contribution in [2.45, 2.75) is 89.2 Å². The zero-order valence-corrected chi connectivity index (χ0v) is 20.6. The smallest absolute Gasteiger partial charge is 0.305 e. The summed E-state index contributed by atoms with van der Waals surface area (Å²) >= 11 is 0. The number of hydrogen-bond donors (Lipinski definition) is 1. The fourth-order valence-electron chi connectivity index (χ4n) is 3.96. The maximum Gasteiger partial charge on any atom is 0.305 e. The average molecular weight is 438 g/mol. The lowest BCUT2D eigenvalue weighted by molar-refractivity contribution is -0.249. The number of ether oxygens (including phenoxy) is 3. The van der Waals surface area contributed by atoms with E-state index in [0.29, 0.717) is 19.6 Å². The van der Waals surface area contributed by atoms with Crippen LogP contribution in [0.4, 0.5) is 0 Å². The largest absolute Gasteiger partial charge is 0.469 e. The fourth-order valence-corrected chi connectivity index (χ4v) is 6.71. The quantitative estimate of drug-likeness (QED) is 0.357. The van der Waals surface area contributed by atoms with Crippen LogP contribution in [-0.4, -0.2) is 56.5 Å². The van der Waals surface area contributed by atoms with E-state index in [1.807, 2.05) is 37.3 Å². The molecule has 1 aliphatic rings. The van der Waals surface area contributed by atoms with Crippen molar-refractivity contribution in [1.29, 1.82) is 0 Å². The molecule has 7 heteroatoms. The highest BCUT2D eigenvalue weighted by Crippen LogP contribution is 2.48. The van der Waals surface area contributed by atoms with Gasteiger partial charge in [-0.1, -0.05) is 64.2 Å². The Balaban J connectivity index is 2.34. The third kappa shape index (κ3) is 6.14. The molecule has 1 aromatic carbocycles. The summed E-state index contributed by atoms with van der Waals surface area (Å²) in [5, 5.41) is 12.6. The van der Waals surface area contributed by atoms with E-state index in [1.54, 1.807) is 0 Å². The number of carbonyl (C=O) groups excluding carboxylic acids is 1. The van der Waals surface area contributed by atoms with Crippen LogP contribution in [0, 0.1) is 0 Å². The van der Waals surface area contributed by atoms with E-state index in [0.717, 1.165) is 5.56 Å². The number of hydroxylamine groups is 2. The third-order valence-electron chi connectivity index (χ3n) is 6.94. The average Bonchev–Trinajstić information content (AvgIpc) is 2.67. The van der Waals surface area contributed by atoms with Gasteiger partial charge in [-0.25, -0.2) is 0 Å². The third-order valence-corrected chi connectivity index (χ3v) is 13.2. The number of carbonyl (C=O) groups is 1. The SMILES string of the molecule is COC(=O)CC[C@@H]([C@H]1O[C@@H](C)OC[C@H]1[Si](C)(C)C(C)(C)C)N(O)Cc1ccccc1. The van der Waals surface area contributed by atoms with Gasteiger partial charge in [-0.15, -0.1) is 0 Å².